The number of anilines is 1. The summed E-state index contributed by atoms with van der Waals surface area (Å²) in [6.07, 6.45) is 3.86. The van der Waals surface area contributed by atoms with Crippen molar-refractivity contribution in [2.45, 2.75) is 46.1 Å². The highest BCUT2D eigenvalue weighted by atomic mass is 32.2. The SMILES string of the molecule is C=C(/C=C(/NCc1cccc(NS(=C)c2ccc(F)c(F)c2)c1)n1ncc(C)c1C)c1ccccc1C.CC. The lowest BCUT2D eigenvalue weighted by Crippen LogP contribution is -2.19. The van der Waals surface area contributed by atoms with Gasteiger partial charge >= 0.3 is 0 Å². The minimum absolute atomic E-state index is 0.539. The molecule has 0 aliphatic heterocycles. The van der Waals surface area contributed by atoms with E-state index < -0.39 is 22.3 Å². The lowest BCUT2D eigenvalue weighted by Gasteiger charge is -2.16. The average Bonchev–Trinajstić information content (AvgIpc) is 3.27. The fourth-order valence-electron chi connectivity index (χ4n) is 3.87. The number of nitrogens with one attached hydrogen (secondary N) is 2. The Bertz CT molecular complexity index is 1500. The van der Waals surface area contributed by atoms with Gasteiger partial charge in [-0.2, -0.15) is 5.10 Å². The van der Waals surface area contributed by atoms with Gasteiger partial charge in [-0.25, -0.2) is 13.5 Å². The molecule has 204 valence electrons. The second-order valence-corrected chi connectivity index (χ2v) is 10.3. The maximum atomic E-state index is 13.7. The first-order valence-electron chi connectivity index (χ1n) is 12.8. The van der Waals surface area contributed by atoms with Crippen LogP contribution in [0.2, 0.25) is 0 Å². The van der Waals surface area contributed by atoms with Crippen LogP contribution in [-0.2, 0) is 6.54 Å². The Balaban J connectivity index is 0.00000205. The first-order valence-corrected chi connectivity index (χ1v) is 14.2. The summed E-state index contributed by atoms with van der Waals surface area (Å²) in [5.41, 5.74) is 7.12. The van der Waals surface area contributed by atoms with Crippen molar-refractivity contribution in [2.24, 2.45) is 0 Å². The van der Waals surface area contributed by atoms with Gasteiger partial charge in [0.1, 0.15) is 5.82 Å². The van der Waals surface area contributed by atoms with E-state index in [-0.39, 0.29) is 0 Å². The molecule has 0 aliphatic rings. The lowest BCUT2D eigenvalue weighted by atomic mass is 10.0. The molecule has 1 atom stereocenters. The molecule has 7 heteroatoms. The number of halogens is 2. The molecule has 0 radical (unpaired) electrons. The van der Waals surface area contributed by atoms with Gasteiger partial charge in [-0.05, 0) is 85.0 Å². The number of aromatic nitrogens is 2. The van der Waals surface area contributed by atoms with Crippen molar-refractivity contribution in [1.29, 1.82) is 0 Å². The maximum Gasteiger partial charge on any atom is 0.159 e. The van der Waals surface area contributed by atoms with Crippen LogP contribution in [-0.4, -0.2) is 15.7 Å². The summed E-state index contributed by atoms with van der Waals surface area (Å²) in [6, 6.07) is 19.9. The second kappa shape index (κ2) is 13.7. The van der Waals surface area contributed by atoms with E-state index in [2.05, 4.69) is 46.6 Å². The second-order valence-electron chi connectivity index (χ2n) is 8.82. The van der Waals surface area contributed by atoms with Crippen LogP contribution in [0, 0.1) is 32.4 Å². The summed E-state index contributed by atoms with van der Waals surface area (Å²) in [5, 5.41) is 8.09. The lowest BCUT2D eigenvalue weighted by molar-refractivity contribution is 0.506. The van der Waals surface area contributed by atoms with Gasteiger partial charge < -0.3 is 10.0 Å². The van der Waals surface area contributed by atoms with E-state index in [1.54, 1.807) is 6.07 Å². The topological polar surface area (TPSA) is 41.9 Å². The normalized spacial score (nSPS) is 11.8. The van der Waals surface area contributed by atoms with E-state index in [4.69, 9.17) is 0 Å². The zero-order valence-corrected chi connectivity index (χ0v) is 24.0. The molecule has 0 fully saturated rings. The quantitative estimate of drug-likeness (QED) is 0.163. The molecule has 39 heavy (non-hydrogen) atoms. The third-order valence-corrected chi connectivity index (χ3v) is 7.41. The van der Waals surface area contributed by atoms with Crippen molar-refractivity contribution in [3.63, 3.8) is 0 Å². The van der Waals surface area contributed by atoms with Crippen LogP contribution in [0.4, 0.5) is 14.5 Å². The van der Waals surface area contributed by atoms with Crippen LogP contribution < -0.4 is 10.0 Å². The first-order chi connectivity index (χ1) is 18.7. The van der Waals surface area contributed by atoms with Crippen LogP contribution in [0.1, 0.15) is 41.8 Å². The Morgan fingerprint density at radius 1 is 0.949 bits per heavy atom. The zero-order chi connectivity index (χ0) is 28.5. The van der Waals surface area contributed by atoms with Crippen LogP contribution in [0.25, 0.3) is 11.4 Å². The predicted molar refractivity (Wildman–Crippen MR) is 164 cm³/mol. The Labute approximate surface area is 233 Å². The van der Waals surface area contributed by atoms with Crippen LogP contribution in [0.5, 0.6) is 0 Å². The molecule has 4 nitrogen and oxygen atoms in total. The van der Waals surface area contributed by atoms with Gasteiger partial charge in [0, 0.05) is 22.8 Å². The van der Waals surface area contributed by atoms with Crippen LogP contribution >= 0.6 is 10.7 Å². The minimum atomic E-state index is -0.880. The maximum absolute atomic E-state index is 13.7. The van der Waals surface area contributed by atoms with E-state index in [9.17, 15) is 8.78 Å². The van der Waals surface area contributed by atoms with Gasteiger partial charge in [0.25, 0.3) is 0 Å². The minimum Gasteiger partial charge on any atom is -0.366 e. The molecule has 1 aromatic heterocycles. The van der Waals surface area contributed by atoms with E-state index in [1.165, 1.54) is 6.07 Å². The summed E-state index contributed by atoms with van der Waals surface area (Å²) in [7, 11) is -0.749. The van der Waals surface area contributed by atoms with Crippen molar-refractivity contribution in [2.75, 3.05) is 4.72 Å². The van der Waals surface area contributed by atoms with Crippen molar-refractivity contribution in [1.82, 2.24) is 15.1 Å². The third kappa shape index (κ3) is 7.54. The Kier molecular flexibility index (Phi) is 10.4. The molecule has 0 amide bonds. The number of aryl methyl sites for hydroxylation is 2. The number of hydrogen-bond donors (Lipinski definition) is 2. The third-order valence-electron chi connectivity index (χ3n) is 6.10. The van der Waals surface area contributed by atoms with Gasteiger partial charge in [-0.15, -0.1) is 0 Å². The molecule has 1 heterocycles. The molecule has 0 bridgehead atoms. The standard InChI is InChI=1S/C30H30F2N4S.C2H6/c1-20-9-6-7-12-27(20)21(2)15-30(36-23(4)22(3)18-34-36)33-19-24-10-8-11-25(16-24)35-37(5)26-13-14-28(31)29(32)17-26;1-2/h6-18,33,35H,2,5,19H2,1,3-4H3;1-2H3/b30-15-;. The van der Waals surface area contributed by atoms with Gasteiger partial charge in [-0.3, -0.25) is 0 Å². The van der Waals surface area contributed by atoms with Crippen molar-refractivity contribution >= 4 is 33.6 Å². The molecular weight excluding hydrogens is 510 g/mol. The highest BCUT2D eigenvalue weighted by Crippen LogP contribution is 2.28. The van der Waals surface area contributed by atoms with Crippen molar-refractivity contribution in [3.8, 4) is 0 Å². The summed E-state index contributed by atoms with van der Waals surface area (Å²) < 4.78 is 32.1. The molecule has 4 aromatic rings. The Morgan fingerprint density at radius 3 is 2.36 bits per heavy atom. The molecule has 3 aromatic carbocycles. The van der Waals surface area contributed by atoms with E-state index in [0.29, 0.717) is 11.4 Å². The predicted octanol–water partition coefficient (Wildman–Crippen LogP) is 8.50. The molecule has 0 aliphatic carbocycles. The average molecular weight is 547 g/mol. The molecule has 1 unspecified atom stereocenters. The molecule has 2 N–H and O–H groups in total. The van der Waals surface area contributed by atoms with E-state index in [1.807, 2.05) is 81.0 Å². The first kappa shape index (κ1) is 29.6. The Hall–Kier alpha value is -3.97. The summed E-state index contributed by atoms with van der Waals surface area (Å²) >= 11 is 0. The van der Waals surface area contributed by atoms with Crippen LogP contribution in [0.15, 0.2) is 90.5 Å². The molecule has 0 saturated carbocycles. The van der Waals surface area contributed by atoms with Gasteiger partial charge in [0.2, 0.25) is 0 Å². The highest BCUT2D eigenvalue weighted by Gasteiger charge is 2.11. The highest BCUT2D eigenvalue weighted by molar-refractivity contribution is 8.15. The van der Waals surface area contributed by atoms with Gasteiger partial charge in [-0.1, -0.05) is 73.4 Å². The monoisotopic (exact) mass is 546 g/mol. The largest absolute Gasteiger partial charge is 0.366 e. The van der Waals surface area contributed by atoms with E-state index in [0.717, 1.165) is 51.1 Å². The number of allylic oxidation sites excluding steroid dienone is 2. The number of hydrogen-bond acceptors (Lipinski definition) is 3. The smallest absolute Gasteiger partial charge is 0.159 e. The summed E-state index contributed by atoms with van der Waals surface area (Å²) in [5.74, 6) is 3.15. The number of benzene rings is 3. The molecule has 0 spiro atoms. The number of rotatable bonds is 9. The number of nitrogens with zero attached hydrogens (tertiary/aromatic N) is 2. The fraction of sp³-hybridized carbons (Fsp3) is 0.188. The molecular formula is C32H36F2N4S. The van der Waals surface area contributed by atoms with Gasteiger partial charge in [0.05, 0.1) is 6.20 Å². The molecule has 0 saturated heterocycles. The van der Waals surface area contributed by atoms with Crippen molar-refractivity contribution < 1.29 is 8.78 Å². The van der Waals surface area contributed by atoms with E-state index >= 15 is 0 Å². The fourth-order valence-corrected chi connectivity index (χ4v) is 4.87. The van der Waals surface area contributed by atoms with Gasteiger partial charge in [0.15, 0.2) is 11.6 Å². The summed E-state index contributed by atoms with van der Waals surface area (Å²) in [4.78, 5) is 0.590. The van der Waals surface area contributed by atoms with Crippen molar-refractivity contribution in [3.05, 3.63) is 125 Å². The Morgan fingerprint density at radius 2 is 1.69 bits per heavy atom. The molecule has 4 rings (SSSR count). The van der Waals surface area contributed by atoms with Crippen LogP contribution in [0.3, 0.4) is 0 Å². The zero-order valence-electron chi connectivity index (χ0n) is 23.2. The summed E-state index contributed by atoms with van der Waals surface area (Å²) in [6.45, 7) is 15.0.